The molecule has 1 atom stereocenters. The van der Waals surface area contributed by atoms with Gasteiger partial charge < -0.3 is 14.2 Å². The molecule has 0 amide bonds. The lowest BCUT2D eigenvalue weighted by atomic mass is 9.95. The SMILES string of the molecule is CCOC(=O)C1=C(c2ccccc2)OC(c2ccc(OC)cc2)CC1. The molecule has 25 heavy (non-hydrogen) atoms. The normalized spacial score (nSPS) is 17.0. The largest absolute Gasteiger partial charge is 0.497 e. The molecule has 1 unspecified atom stereocenters. The molecule has 2 aromatic rings. The first-order chi connectivity index (χ1) is 12.2. The zero-order valence-corrected chi connectivity index (χ0v) is 14.5. The molecule has 1 aliphatic heterocycles. The molecule has 1 heterocycles. The molecule has 0 aliphatic carbocycles. The first kappa shape index (κ1) is 17.1. The van der Waals surface area contributed by atoms with Crippen LogP contribution in [0.4, 0.5) is 0 Å². The second-order valence-corrected chi connectivity index (χ2v) is 5.81. The summed E-state index contributed by atoms with van der Waals surface area (Å²) in [4.78, 5) is 12.3. The number of carbonyl (C=O) groups is 1. The Labute approximate surface area is 148 Å². The van der Waals surface area contributed by atoms with E-state index in [-0.39, 0.29) is 12.1 Å². The van der Waals surface area contributed by atoms with E-state index >= 15 is 0 Å². The minimum absolute atomic E-state index is 0.0979. The molecule has 0 aromatic heterocycles. The maximum absolute atomic E-state index is 12.3. The molecule has 0 radical (unpaired) electrons. The van der Waals surface area contributed by atoms with Crippen LogP contribution < -0.4 is 4.74 Å². The van der Waals surface area contributed by atoms with Gasteiger partial charge in [0.15, 0.2) is 0 Å². The first-order valence-corrected chi connectivity index (χ1v) is 8.49. The summed E-state index contributed by atoms with van der Waals surface area (Å²) >= 11 is 0. The molecule has 2 aromatic carbocycles. The Kier molecular flexibility index (Phi) is 5.39. The lowest BCUT2D eigenvalue weighted by Gasteiger charge is -2.28. The fourth-order valence-corrected chi connectivity index (χ4v) is 2.96. The van der Waals surface area contributed by atoms with E-state index < -0.39 is 0 Å². The molecular weight excluding hydrogens is 316 g/mol. The molecule has 4 nitrogen and oxygen atoms in total. The summed E-state index contributed by atoms with van der Waals surface area (Å²) in [5.74, 6) is 1.13. The van der Waals surface area contributed by atoms with Crippen molar-refractivity contribution in [1.82, 2.24) is 0 Å². The van der Waals surface area contributed by atoms with Crippen molar-refractivity contribution in [2.75, 3.05) is 13.7 Å². The summed E-state index contributed by atoms with van der Waals surface area (Å²) < 4.78 is 16.7. The van der Waals surface area contributed by atoms with Gasteiger partial charge in [0.1, 0.15) is 17.6 Å². The van der Waals surface area contributed by atoms with Gasteiger partial charge >= 0.3 is 5.97 Å². The molecule has 0 saturated heterocycles. The molecule has 1 aliphatic rings. The molecule has 4 heteroatoms. The van der Waals surface area contributed by atoms with Gasteiger partial charge in [-0.1, -0.05) is 42.5 Å². The highest BCUT2D eigenvalue weighted by molar-refractivity contribution is 5.96. The van der Waals surface area contributed by atoms with E-state index in [9.17, 15) is 4.79 Å². The minimum Gasteiger partial charge on any atom is -0.497 e. The fraction of sp³-hybridized carbons (Fsp3) is 0.286. The van der Waals surface area contributed by atoms with Crippen molar-refractivity contribution < 1.29 is 19.0 Å². The van der Waals surface area contributed by atoms with E-state index in [4.69, 9.17) is 14.2 Å². The number of hydrogen-bond acceptors (Lipinski definition) is 4. The lowest BCUT2D eigenvalue weighted by molar-refractivity contribution is -0.139. The average molecular weight is 338 g/mol. The van der Waals surface area contributed by atoms with Crippen molar-refractivity contribution in [3.05, 3.63) is 71.3 Å². The third-order valence-corrected chi connectivity index (χ3v) is 4.24. The van der Waals surface area contributed by atoms with Crippen LogP contribution in [0.1, 0.15) is 37.0 Å². The van der Waals surface area contributed by atoms with Crippen LogP contribution in [-0.4, -0.2) is 19.7 Å². The third-order valence-electron chi connectivity index (χ3n) is 4.24. The Hall–Kier alpha value is -2.75. The number of benzene rings is 2. The summed E-state index contributed by atoms with van der Waals surface area (Å²) in [5, 5.41) is 0. The van der Waals surface area contributed by atoms with Crippen LogP contribution in [0.5, 0.6) is 5.75 Å². The maximum Gasteiger partial charge on any atom is 0.337 e. The number of methoxy groups -OCH3 is 1. The van der Waals surface area contributed by atoms with Crippen molar-refractivity contribution in [2.45, 2.75) is 25.9 Å². The van der Waals surface area contributed by atoms with Crippen molar-refractivity contribution in [3.8, 4) is 5.75 Å². The van der Waals surface area contributed by atoms with Crippen LogP contribution in [0.15, 0.2) is 60.2 Å². The second-order valence-electron chi connectivity index (χ2n) is 5.81. The van der Waals surface area contributed by atoms with Gasteiger partial charge in [0, 0.05) is 5.56 Å². The second kappa shape index (κ2) is 7.88. The van der Waals surface area contributed by atoms with Crippen LogP contribution in [0.3, 0.4) is 0 Å². The number of esters is 1. The van der Waals surface area contributed by atoms with Gasteiger partial charge in [-0.25, -0.2) is 4.79 Å². The van der Waals surface area contributed by atoms with Crippen LogP contribution in [-0.2, 0) is 14.3 Å². The molecule has 3 rings (SSSR count). The van der Waals surface area contributed by atoms with Gasteiger partial charge in [-0.15, -0.1) is 0 Å². The van der Waals surface area contributed by atoms with E-state index in [1.165, 1.54) is 0 Å². The molecule has 0 saturated carbocycles. The lowest BCUT2D eigenvalue weighted by Crippen LogP contribution is -2.18. The van der Waals surface area contributed by atoms with Gasteiger partial charge in [0.2, 0.25) is 0 Å². The van der Waals surface area contributed by atoms with E-state index in [0.29, 0.717) is 24.4 Å². The smallest absolute Gasteiger partial charge is 0.337 e. The summed E-state index contributed by atoms with van der Waals surface area (Å²) in [6.45, 7) is 2.16. The number of ether oxygens (including phenoxy) is 3. The molecular formula is C21H22O4. The Morgan fingerprint density at radius 1 is 1.12 bits per heavy atom. The number of hydrogen-bond donors (Lipinski definition) is 0. The van der Waals surface area contributed by atoms with E-state index in [2.05, 4.69) is 0 Å². The van der Waals surface area contributed by atoms with Gasteiger partial charge in [-0.3, -0.25) is 0 Å². The van der Waals surface area contributed by atoms with Crippen molar-refractivity contribution in [1.29, 1.82) is 0 Å². The monoisotopic (exact) mass is 338 g/mol. The molecule has 0 bridgehead atoms. The molecule has 0 fully saturated rings. The fourth-order valence-electron chi connectivity index (χ4n) is 2.96. The Bertz CT molecular complexity index is 747. The van der Waals surface area contributed by atoms with E-state index in [1.807, 2.05) is 61.5 Å². The van der Waals surface area contributed by atoms with Crippen molar-refractivity contribution in [2.24, 2.45) is 0 Å². The summed E-state index contributed by atoms with van der Waals surface area (Å²) in [6.07, 6.45) is 1.26. The zero-order chi connectivity index (χ0) is 17.6. The highest BCUT2D eigenvalue weighted by atomic mass is 16.5. The first-order valence-electron chi connectivity index (χ1n) is 8.49. The van der Waals surface area contributed by atoms with Crippen LogP contribution in [0.25, 0.3) is 5.76 Å². The Morgan fingerprint density at radius 3 is 2.48 bits per heavy atom. The Balaban J connectivity index is 1.92. The standard InChI is InChI=1S/C21H22O4/c1-3-24-21(22)18-13-14-19(15-9-11-17(23-2)12-10-15)25-20(18)16-7-5-4-6-8-16/h4-12,19H,3,13-14H2,1-2H3. The molecule has 0 spiro atoms. The predicted octanol–water partition coefficient (Wildman–Crippen LogP) is 4.52. The minimum atomic E-state index is -0.297. The average Bonchev–Trinajstić information content (AvgIpc) is 2.68. The summed E-state index contributed by atoms with van der Waals surface area (Å²) in [6, 6.07) is 17.6. The maximum atomic E-state index is 12.3. The summed E-state index contributed by atoms with van der Waals surface area (Å²) in [7, 11) is 1.65. The van der Waals surface area contributed by atoms with Gasteiger partial charge in [-0.2, -0.15) is 0 Å². The van der Waals surface area contributed by atoms with Gasteiger partial charge in [0.05, 0.1) is 19.3 Å². The van der Waals surface area contributed by atoms with E-state index in [1.54, 1.807) is 7.11 Å². The quantitative estimate of drug-likeness (QED) is 0.752. The molecule has 0 N–H and O–H groups in total. The van der Waals surface area contributed by atoms with Crippen LogP contribution >= 0.6 is 0 Å². The highest BCUT2D eigenvalue weighted by Crippen LogP contribution is 2.39. The Morgan fingerprint density at radius 2 is 1.84 bits per heavy atom. The summed E-state index contributed by atoms with van der Waals surface area (Å²) in [5.41, 5.74) is 2.57. The highest BCUT2D eigenvalue weighted by Gasteiger charge is 2.29. The van der Waals surface area contributed by atoms with Crippen LogP contribution in [0.2, 0.25) is 0 Å². The van der Waals surface area contributed by atoms with E-state index in [0.717, 1.165) is 23.3 Å². The molecule has 130 valence electrons. The van der Waals surface area contributed by atoms with Gasteiger partial charge in [0.25, 0.3) is 0 Å². The number of carbonyl (C=O) groups excluding carboxylic acids is 1. The van der Waals surface area contributed by atoms with Gasteiger partial charge in [-0.05, 0) is 37.5 Å². The van der Waals surface area contributed by atoms with Crippen LogP contribution in [0, 0.1) is 0 Å². The zero-order valence-electron chi connectivity index (χ0n) is 14.5. The predicted molar refractivity (Wildman–Crippen MR) is 96.0 cm³/mol. The van der Waals surface area contributed by atoms with Crippen molar-refractivity contribution >= 4 is 11.7 Å². The third kappa shape index (κ3) is 3.85. The van der Waals surface area contributed by atoms with Crippen molar-refractivity contribution in [3.63, 3.8) is 0 Å². The topological polar surface area (TPSA) is 44.8 Å². The number of rotatable bonds is 5.